The number of halogens is 2. The van der Waals surface area contributed by atoms with E-state index in [2.05, 4.69) is 53.4 Å². The van der Waals surface area contributed by atoms with Gasteiger partial charge in [0.15, 0.2) is 5.82 Å². The molecule has 3 rings (SSSR count). The standard InChI is InChI=1S/C15H18ClIN4/c1-15(2,3)12-9(7-21(4)20-12)14-18-11(8-5-6-8)10(17)13(16)19-14/h7-8H,5-6H2,1-4H3. The Bertz CT molecular complexity index is 698. The molecule has 4 nitrogen and oxygen atoms in total. The first kappa shape index (κ1) is 15.2. The molecule has 112 valence electrons. The Kier molecular flexibility index (Phi) is 3.76. The Balaban J connectivity index is 2.17. The van der Waals surface area contributed by atoms with Gasteiger partial charge in [-0.05, 0) is 35.4 Å². The quantitative estimate of drug-likeness (QED) is 0.541. The van der Waals surface area contributed by atoms with Crippen LogP contribution >= 0.6 is 34.2 Å². The first-order chi connectivity index (χ1) is 9.77. The predicted octanol–water partition coefficient (Wildman–Crippen LogP) is 4.31. The van der Waals surface area contributed by atoms with Gasteiger partial charge < -0.3 is 0 Å². The van der Waals surface area contributed by atoms with Crippen molar-refractivity contribution in [2.45, 2.75) is 44.9 Å². The normalized spacial score (nSPS) is 15.5. The summed E-state index contributed by atoms with van der Waals surface area (Å²) in [6, 6.07) is 0. The van der Waals surface area contributed by atoms with E-state index < -0.39 is 0 Å². The highest BCUT2D eigenvalue weighted by Crippen LogP contribution is 2.43. The van der Waals surface area contributed by atoms with E-state index in [1.807, 2.05) is 17.9 Å². The summed E-state index contributed by atoms with van der Waals surface area (Å²) in [5, 5.41) is 5.14. The molecule has 0 aliphatic heterocycles. The lowest BCUT2D eigenvalue weighted by Gasteiger charge is -2.17. The molecule has 0 atom stereocenters. The van der Waals surface area contributed by atoms with E-state index in [0.29, 0.717) is 16.9 Å². The van der Waals surface area contributed by atoms with Gasteiger partial charge in [0.25, 0.3) is 0 Å². The molecule has 2 aromatic rings. The number of hydrogen-bond donors (Lipinski definition) is 0. The van der Waals surface area contributed by atoms with Gasteiger partial charge in [-0.3, -0.25) is 4.68 Å². The second-order valence-corrected chi connectivity index (χ2v) is 8.06. The summed E-state index contributed by atoms with van der Waals surface area (Å²) >= 11 is 8.58. The van der Waals surface area contributed by atoms with Gasteiger partial charge in [0.1, 0.15) is 5.15 Å². The molecule has 2 heterocycles. The third kappa shape index (κ3) is 2.95. The van der Waals surface area contributed by atoms with Crippen LogP contribution in [-0.2, 0) is 12.5 Å². The lowest BCUT2D eigenvalue weighted by Crippen LogP contribution is -2.14. The summed E-state index contributed by atoms with van der Waals surface area (Å²) in [4.78, 5) is 9.29. The van der Waals surface area contributed by atoms with E-state index >= 15 is 0 Å². The first-order valence-corrected chi connectivity index (χ1v) is 8.50. The van der Waals surface area contributed by atoms with E-state index in [4.69, 9.17) is 16.6 Å². The molecule has 0 aromatic carbocycles. The van der Waals surface area contributed by atoms with E-state index in [-0.39, 0.29) is 5.41 Å². The third-order valence-electron chi connectivity index (χ3n) is 3.58. The van der Waals surface area contributed by atoms with Gasteiger partial charge in [-0.25, -0.2) is 9.97 Å². The summed E-state index contributed by atoms with van der Waals surface area (Å²) in [5.41, 5.74) is 3.01. The van der Waals surface area contributed by atoms with Crippen LogP contribution in [0.5, 0.6) is 0 Å². The molecule has 0 spiro atoms. The molecule has 0 amide bonds. The van der Waals surface area contributed by atoms with Crippen LogP contribution in [0.15, 0.2) is 6.20 Å². The van der Waals surface area contributed by atoms with Gasteiger partial charge in [-0.15, -0.1) is 0 Å². The SMILES string of the molecule is Cn1cc(-c2nc(Cl)c(I)c(C3CC3)n2)c(C(C)(C)C)n1. The molecule has 1 aliphatic rings. The zero-order valence-corrected chi connectivity index (χ0v) is 15.5. The van der Waals surface area contributed by atoms with Crippen molar-refractivity contribution in [1.29, 1.82) is 0 Å². The second kappa shape index (κ2) is 5.19. The number of hydrogen-bond acceptors (Lipinski definition) is 3. The van der Waals surface area contributed by atoms with Gasteiger partial charge >= 0.3 is 0 Å². The molecule has 0 radical (unpaired) electrons. The Hall–Kier alpha value is -0.690. The maximum absolute atomic E-state index is 6.33. The van der Waals surface area contributed by atoms with Crippen LogP contribution in [0, 0.1) is 3.57 Å². The van der Waals surface area contributed by atoms with Crippen molar-refractivity contribution in [3.05, 3.63) is 26.3 Å². The van der Waals surface area contributed by atoms with Gasteiger partial charge in [0, 0.05) is 24.6 Å². The molecule has 0 saturated heterocycles. The average Bonchev–Trinajstić information content (AvgIpc) is 3.13. The highest BCUT2D eigenvalue weighted by molar-refractivity contribution is 14.1. The van der Waals surface area contributed by atoms with Crippen LogP contribution in [0.25, 0.3) is 11.4 Å². The van der Waals surface area contributed by atoms with Crippen molar-refractivity contribution in [2.24, 2.45) is 7.05 Å². The zero-order valence-electron chi connectivity index (χ0n) is 12.6. The highest BCUT2D eigenvalue weighted by Gasteiger charge is 2.31. The smallest absolute Gasteiger partial charge is 0.164 e. The van der Waals surface area contributed by atoms with Crippen molar-refractivity contribution in [2.75, 3.05) is 0 Å². The lowest BCUT2D eigenvalue weighted by molar-refractivity contribution is 0.554. The largest absolute Gasteiger partial charge is 0.275 e. The van der Waals surface area contributed by atoms with E-state index in [1.165, 1.54) is 12.8 Å². The minimum absolute atomic E-state index is 0.0603. The fourth-order valence-electron chi connectivity index (χ4n) is 2.39. The van der Waals surface area contributed by atoms with E-state index in [0.717, 1.165) is 20.5 Å². The Morgan fingerprint density at radius 2 is 1.95 bits per heavy atom. The van der Waals surface area contributed by atoms with Crippen LogP contribution in [0.1, 0.15) is 50.9 Å². The summed E-state index contributed by atoms with van der Waals surface area (Å²) in [6.07, 6.45) is 4.37. The van der Waals surface area contributed by atoms with Crippen molar-refractivity contribution >= 4 is 34.2 Å². The van der Waals surface area contributed by atoms with Gasteiger partial charge in [-0.1, -0.05) is 32.4 Å². The fraction of sp³-hybridized carbons (Fsp3) is 0.533. The zero-order chi connectivity index (χ0) is 15.4. The lowest BCUT2D eigenvalue weighted by atomic mass is 9.89. The minimum atomic E-state index is -0.0603. The summed E-state index contributed by atoms with van der Waals surface area (Å²) < 4.78 is 2.81. The molecule has 0 bridgehead atoms. The number of rotatable bonds is 2. The van der Waals surface area contributed by atoms with Gasteiger partial charge in [0.05, 0.1) is 20.5 Å². The predicted molar refractivity (Wildman–Crippen MR) is 92.6 cm³/mol. The number of aryl methyl sites for hydroxylation is 1. The van der Waals surface area contributed by atoms with Gasteiger partial charge in [0.2, 0.25) is 0 Å². The maximum atomic E-state index is 6.33. The molecular weight excluding hydrogens is 399 g/mol. The summed E-state index contributed by atoms with van der Waals surface area (Å²) in [7, 11) is 1.93. The molecule has 21 heavy (non-hydrogen) atoms. The van der Waals surface area contributed by atoms with E-state index in [1.54, 1.807) is 0 Å². The van der Waals surface area contributed by atoms with Crippen molar-refractivity contribution in [3.63, 3.8) is 0 Å². The summed E-state index contributed by atoms with van der Waals surface area (Å²) in [6.45, 7) is 6.44. The fourth-order valence-corrected chi connectivity index (χ4v) is 3.25. The Morgan fingerprint density at radius 3 is 2.52 bits per heavy atom. The number of nitrogens with zero attached hydrogens (tertiary/aromatic N) is 4. The van der Waals surface area contributed by atoms with E-state index in [9.17, 15) is 0 Å². The molecule has 0 unspecified atom stereocenters. The topological polar surface area (TPSA) is 43.6 Å². The van der Waals surface area contributed by atoms with Crippen LogP contribution < -0.4 is 0 Å². The molecule has 1 fully saturated rings. The monoisotopic (exact) mass is 416 g/mol. The first-order valence-electron chi connectivity index (χ1n) is 7.05. The van der Waals surface area contributed by atoms with Crippen LogP contribution in [0.2, 0.25) is 5.15 Å². The maximum Gasteiger partial charge on any atom is 0.164 e. The third-order valence-corrected chi connectivity index (χ3v) is 5.24. The average molecular weight is 417 g/mol. The second-order valence-electron chi connectivity index (χ2n) is 6.63. The molecule has 6 heteroatoms. The van der Waals surface area contributed by atoms with Crippen LogP contribution in [0.3, 0.4) is 0 Å². The van der Waals surface area contributed by atoms with Gasteiger partial charge in [-0.2, -0.15) is 5.10 Å². The number of aromatic nitrogens is 4. The minimum Gasteiger partial charge on any atom is -0.275 e. The Morgan fingerprint density at radius 1 is 1.29 bits per heavy atom. The molecule has 0 N–H and O–H groups in total. The van der Waals surface area contributed by atoms with Crippen molar-refractivity contribution < 1.29 is 0 Å². The molecule has 1 saturated carbocycles. The van der Waals surface area contributed by atoms with Crippen LogP contribution in [0.4, 0.5) is 0 Å². The highest BCUT2D eigenvalue weighted by atomic mass is 127. The summed E-state index contributed by atoms with van der Waals surface area (Å²) in [5.74, 6) is 1.24. The van der Waals surface area contributed by atoms with Crippen molar-refractivity contribution in [3.8, 4) is 11.4 Å². The molecule has 1 aliphatic carbocycles. The molecule has 2 aromatic heterocycles. The molecular formula is C15H18ClIN4. The van der Waals surface area contributed by atoms with Crippen LogP contribution in [-0.4, -0.2) is 19.7 Å². The van der Waals surface area contributed by atoms with Crippen molar-refractivity contribution in [1.82, 2.24) is 19.7 Å². The Labute approximate surface area is 143 Å².